The van der Waals surface area contributed by atoms with E-state index in [0.717, 1.165) is 47.2 Å². The Labute approximate surface area is 157 Å². The molecular weight excluding hydrogens is 350 g/mol. The number of rotatable bonds is 4. The van der Waals surface area contributed by atoms with Crippen LogP contribution in [0, 0.1) is 13.8 Å². The van der Waals surface area contributed by atoms with Crippen LogP contribution in [0.1, 0.15) is 53.0 Å². The summed E-state index contributed by atoms with van der Waals surface area (Å²) in [5.41, 5.74) is 8.39. The number of pyridine rings is 1. The minimum atomic E-state index is -0.562. The summed E-state index contributed by atoms with van der Waals surface area (Å²) in [7, 11) is 1.79. The number of nitrogens with two attached hydrogens (primary N) is 1. The molecule has 1 aliphatic rings. The maximum absolute atomic E-state index is 12.4. The molecule has 2 aromatic rings. The van der Waals surface area contributed by atoms with E-state index in [0.29, 0.717) is 10.6 Å². The second kappa shape index (κ2) is 7.61. The van der Waals surface area contributed by atoms with Crippen molar-refractivity contribution in [2.24, 2.45) is 0 Å². The van der Waals surface area contributed by atoms with E-state index in [1.54, 1.807) is 11.9 Å². The number of esters is 1. The summed E-state index contributed by atoms with van der Waals surface area (Å²) in [6.45, 7) is 3.59. The molecule has 0 aliphatic heterocycles. The fourth-order valence-electron chi connectivity index (χ4n) is 3.59. The summed E-state index contributed by atoms with van der Waals surface area (Å²) in [6.07, 6.45) is 5.55. The predicted octanol–water partition coefficient (Wildman–Crippen LogP) is 3.44. The summed E-state index contributed by atoms with van der Waals surface area (Å²) in [5.74, 6) is -0.733. The van der Waals surface area contributed by atoms with Gasteiger partial charge in [-0.3, -0.25) is 4.79 Å². The number of amides is 1. The zero-order valence-corrected chi connectivity index (χ0v) is 16.3. The topological polar surface area (TPSA) is 85.5 Å². The average molecular weight is 375 g/mol. The number of fused-ring (bicyclic) bond motifs is 1. The number of aryl methyl sites for hydroxylation is 2. The van der Waals surface area contributed by atoms with Crippen LogP contribution in [0.2, 0.25) is 0 Å². The number of aromatic nitrogens is 1. The molecule has 0 atom stereocenters. The quantitative estimate of drug-likeness (QED) is 0.827. The van der Waals surface area contributed by atoms with E-state index in [4.69, 9.17) is 10.5 Å². The van der Waals surface area contributed by atoms with Gasteiger partial charge in [-0.1, -0.05) is 19.3 Å². The van der Waals surface area contributed by atoms with Gasteiger partial charge in [0.15, 0.2) is 6.61 Å². The normalized spacial score (nSPS) is 15.2. The fourth-order valence-corrected chi connectivity index (χ4v) is 4.70. The lowest BCUT2D eigenvalue weighted by Crippen LogP contribution is -2.40. The van der Waals surface area contributed by atoms with Gasteiger partial charge in [-0.2, -0.15) is 0 Å². The number of hydrogen-bond donors (Lipinski definition) is 1. The first-order valence-corrected chi connectivity index (χ1v) is 9.79. The number of hydrogen-bond acceptors (Lipinski definition) is 6. The van der Waals surface area contributed by atoms with Crippen LogP contribution in [0.4, 0.5) is 5.69 Å². The van der Waals surface area contributed by atoms with Crippen molar-refractivity contribution in [3.63, 3.8) is 0 Å². The second-order valence-corrected chi connectivity index (χ2v) is 7.98. The minimum Gasteiger partial charge on any atom is -0.451 e. The lowest BCUT2D eigenvalue weighted by Gasteiger charge is -2.31. The van der Waals surface area contributed by atoms with Crippen molar-refractivity contribution in [3.05, 3.63) is 22.2 Å². The maximum Gasteiger partial charge on any atom is 0.351 e. The molecular formula is C19H25N3O3S. The van der Waals surface area contributed by atoms with Gasteiger partial charge in [-0.25, -0.2) is 9.78 Å². The zero-order valence-electron chi connectivity index (χ0n) is 15.5. The molecule has 0 bridgehead atoms. The van der Waals surface area contributed by atoms with Crippen LogP contribution in [0.3, 0.4) is 0 Å². The van der Waals surface area contributed by atoms with E-state index < -0.39 is 5.97 Å². The minimum absolute atomic E-state index is 0.171. The molecule has 0 unspecified atom stereocenters. The molecule has 1 fully saturated rings. The van der Waals surface area contributed by atoms with Crippen molar-refractivity contribution in [1.29, 1.82) is 0 Å². The first-order valence-electron chi connectivity index (χ1n) is 8.97. The Balaban J connectivity index is 1.68. The average Bonchev–Trinajstić information content (AvgIpc) is 2.96. The van der Waals surface area contributed by atoms with Gasteiger partial charge in [0.1, 0.15) is 9.71 Å². The maximum atomic E-state index is 12.4. The number of anilines is 1. The Morgan fingerprint density at radius 3 is 2.69 bits per heavy atom. The highest BCUT2D eigenvalue weighted by Crippen LogP contribution is 2.35. The number of nitrogens with zero attached hydrogens (tertiary/aromatic N) is 2. The third kappa shape index (κ3) is 3.67. The summed E-state index contributed by atoms with van der Waals surface area (Å²) < 4.78 is 5.25. The van der Waals surface area contributed by atoms with Gasteiger partial charge in [-0.15, -0.1) is 11.3 Å². The number of carbonyl (C=O) groups is 2. The number of ether oxygens (including phenoxy) is 1. The molecule has 140 valence electrons. The monoisotopic (exact) mass is 375 g/mol. The summed E-state index contributed by atoms with van der Waals surface area (Å²) >= 11 is 1.21. The van der Waals surface area contributed by atoms with Gasteiger partial charge in [0.05, 0.1) is 5.69 Å². The van der Waals surface area contributed by atoms with Crippen LogP contribution in [0.5, 0.6) is 0 Å². The Kier molecular flexibility index (Phi) is 5.46. The Morgan fingerprint density at radius 1 is 1.31 bits per heavy atom. The third-order valence-electron chi connectivity index (χ3n) is 5.05. The highest BCUT2D eigenvalue weighted by molar-refractivity contribution is 7.21. The summed E-state index contributed by atoms with van der Waals surface area (Å²) in [5, 5.41) is 0.790. The first kappa shape index (κ1) is 18.6. The largest absolute Gasteiger partial charge is 0.451 e. The van der Waals surface area contributed by atoms with E-state index in [-0.39, 0.29) is 18.6 Å². The number of carbonyl (C=O) groups excluding carboxylic acids is 2. The van der Waals surface area contributed by atoms with Crippen LogP contribution < -0.4 is 5.73 Å². The molecule has 1 aliphatic carbocycles. The van der Waals surface area contributed by atoms with Gasteiger partial charge in [0.25, 0.3) is 5.91 Å². The molecule has 1 saturated carbocycles. The van der Waals surface area contributed by atoms with Crippen LogP contribution in [-0.2, 0) is 9.53 Å². The molecule has 0 spiro atoms. The van der Waals surface area contributed by atoms with Crippen molar-refractivity contribution in [2.45, 2.75) is 52.0 Å². The Bertz CT molecular complexity index is 840. The molecule has 0 radical (unpaired) electrons. The molecule has 1 amide bonds. The molecule has 3 rings (SSSR count). The zero-order chi connectivity index (χ0) is 18.8. The number of likely N-dealkylation sites (N-methyl/N-ethyl adjacent to an activating group) is 1. The van der Waals surface area contributed by atoms with Crippen LogP contribution in [0.15, 0.2) is 6.07 Å². The molecule has 2 N–H and O–H groups in total. The molecule has 0 aromatic carbocycles. The van der Waals surface area contributed by atoms with Crippen molar-refractivity contribution in [1.82, 2.24) is 9.88 Å². The van der Waals surface area contributed by atoms with Crippen molar-refractivity contribution in [2.75, 3.05) is 19.4 Å². The molecule has 26 heavy (non-hydrogen) atoms. The highest BCUT2D eigenvalue weighted by atomic mass is 32.1. The third-order valence-corrected chi connectivity index (χ3v) is 6.13. The van der Waals surface area contributed by atoms with Crippen LogP contribution >= 0.6 is 11.3 Å². The predicted molar refractivity (Wildman–Crippen MR) is 103 cm³/mol. The Morgan fingerprint density at radius 2 is 2.00 bits per heavy atom. The number of nitrogen functional groups attached to an aromatic ring is 1. The van der Waals surface area contributed by atoms with Crippen molar-refractivity contribution >= 4 is 39.1 Å². The van der Waals surface area contributed by atoms with E-state index in [1.165, 1.54) is 17.8 Å². The lowest BCUT2D eigenvalue weighted by molar-refractivity contribution is -0.135. The summed E-state index contributed by atoms with van der Waals surface area (Å²) in [4.78, 5) is 32.0. The fraction of sp³-hybridized carbons (Fsp3) is 0.526. The highest BCUT2D eigenvalue weighted by Gasteiger charge is 2.25. The molecule has 7 heteroatoms. The standard InChI is InChI=1S/C19H25N3O3S/c1-11-9-12(2)21-18-15(11)16(20)17(26-18)19(24)25-10-14(23)22(3)13-7-5-4-6-8-13/h9,13H,4-8,10,20H2,1-3H3. The van der Waals surface area contributed by atoms with Gasteiger partial charge >= 0.3 is 5.97 Å². The van der Waals surface area contributed by atoms with E-state index in [2.05, 4.69) is 4.98 Å². The van der Waals surface area contributed by atoms with E-state index >= 15 is 0 Å². The number of thiophene rings is 1. The second-order valence-electron chi connectivity index (χ2n) is 6.98. The lowest BCUT2D eigenvalue weighted by atomic mass is 9.94. The smallest absolute Gasteiger partial charge is 0.351 e. The van der Waals surface area contributed by atoms with Gasteiger partial charge in [0.2, 0.25) is 0 Å². The molecule has 0 saturated heterocycles. The van der Waals surface area contributed by atoms with Gasteiger partial charge in [-0.05, 0) is 38.3 Å². The van der Waals surface area contributed by atoms with E-state index in [1.807, 2.05) is 19.9 Å². The van der Waals surface area contributed by atoms with Gasteiger partial charge in [0, 0.05) is 24.2 Å². The molecule has 6 nitrogen and oxygen atoms in total. The first-order chi connectivity index (χ1) is 12.4. The van der Waals surface area contributed by atoms with Crippen LogP contribution in [-0.4, -0.2) is 41.5 Å². The van der Waals surface area contributed by atoms with Gasteiger partial charge < -0.3 is 15.4 Å². The summed E-state index contributed by atoms with van der Waals surface area (Å²) in [6, 6.07) is 2.18. The van der Waals surface area contributed by atoms with Crippen molar-refractivity contribution < 1.29 is 14.3 Å². The van der Waals surface area contributed by atoms with Crippen molar-refractivity contribution in [3.8, 4) is 0 Å². The SMILES string of the molecule is Cc1cc(C)c2c(N)c(C(=O)OCC(=O)N(C)C3CCCCC3)sc2n1. The molecule has 2 heterocycles. The van der Waals surface area contributed by atoms with E-state index in [9.17, 15) is 9.59 Å². The molecule has 2 aromatic heterocycles. The van der Waals surface area contributed by atoms with Crippen LogP contribution in [0.25, 0.3) is 10.2 Å². The Hall–Kier alpha value is -2.15.